The zero-order valence-corrected chi connectivity index (χ0v) is 16.7. The van der Waals surface area contributed by atoms with Crippen molar-refractivity contribution in [1.82, 2.24) is 10.3 Å². The highest BCUT2D eigenvalue weighted by molar-refractivity contribution is 5.94. The molecular formula is C22H27N3O4. The monoisotopic (exact) mass is 397 g/mol. The molecule has 1 aromatic heterocycles. The molecule has 0 radical (unpaired) electrons. The third-order valence-corrected chi connectivity index (χ3v) is 5.54. The lowest BCUT2D eigenvalue weighted by Gasteiger charge is -2.38. The van der Waals surface area contributed by atoms with E-state index >= 15 is 0 Å². The molecule has 2 aliphatic rings. The van der Waals surface area contributed by atoms with Crippen LogP contribution in [-0.4, -0.2) is 56.6 Å². The number of para-hydroxylation sites is 1. The first-order chi connectivity index (χ1) is 14.2. The van der Waals surface area contributed by atoms with E-state index in [1.165, 1.54) is 0 Å². The molecular weight excluding hydrogens is 370 g/mol. The molecule has 3 heterocycles. The number of ether oxygens (including phenoxy) is 3. The lowest BCUT2D eigenvalue weighted by Crippen LogP contribution is -2.45. The Morgan fingerprint density at radius 2 is 1.97 bits per heavy atom. The highest BCUT2D eigenvalue weighted by atomic mass is 16.7. The molecule has 29 heavy (non-hydrogen) atoms. The van der Waals surface area contributed by atoms with Gasteiger partial charge in [-0.25, -0.2) is 4.98 Å². The van der Waals surface area contributed by atoms with Gasteiger partial charge in [0.1, 0.15) is 11.6 Å². The van der Waals surface area contributed by atoms with Crippen LogP contribution in [-0.2, 0) is 15.9 Å². The number of nitrogens with zero attached hydrogens (tertiary/aromatic N) is 2. The van der Waals surface area contributed by atoms with Crippen molar-refractivity contribution in [1.29, 1.82) is 0 Å². The molecule has 0 aliphatic carbocycles. The van der Waals surface area contributed by atoms with Crippen LogP contribution in [0.5, 0.6) is 5.75 Å². The molecule has 154 valence electrons. The molecule has 1 aromatic carbocycles. The molecule has 1 amide bonds. The highest BCUT2D eigenvalue weighted by Crippen LogP contribution is 2.32. The molecule has 0 saturated carbocycles. The van der Waals surface area contributed by atoms with E-state index in [2.05, 4.69) is 15.2 Å². The SMILES string of the molecule is COc1ccccc1CCNC(=O)c1ccnc(N2CCC3(CC2)OCCO3)c1. The van der Waals surface area contributed by atoms with Crippen LogP contribution in [0, 0.1) is 0 Å². The Balaban J connectivity index is 1.33. The van der Waals surface area contributed by atoms with Crippen LogP contribution in [0.4, 0.5) is 5.82 Å². The van der Waals surface area contributed by atoms with Gasteiger partial charge in [0.15, 0.2) is 5.79 Å². The van der Waals surface area contributed by atoms with E-state index in [9.17, 15) is 4.79 Å². The topological polar surface area (TPSA) is 72.9 Å². The number of aromatic nitrogens is 1. The Kier molecular flexibility index (Phi) is 5.97. The molecule has 2 aliphatic heterocycles. The predicted molar refractivity (Wildman–Crippen MR) is 109 cm³/mol. The Hall–Kier alpha value is -2.64. The molecule has 4 rings (SSSR count). The lowest BCUT2D eigenvalue weighted by atomic mass is 10.0. The van der Waals surface area contributed by atoms with Gasteiger partial charge in [0, 0.05) is 44.2 Å². The quantitative estimate of drug-likeness (QED) is 0.807. The van der Waals surface area contributed by atoms with Gasteiger partial charge in [-0.3, -0.25) is 4.79 Å². The second-order valence-electron chi connectivity index (χ2n) is 7.32. The van der Waals surface area contributed by atoms with Crippen molar-refractivity contribution in [3.63, 3.8) is 0 Å². The van der Waals surface area contributed by atoms with Gasteiger partial charge >= 0.3 is 0 Å². The Morgan fingerprint density at radius 1 is 1.21 bits per heavy atom. The smallest absolute Gasteiger partial charge is 0.251 e. The van der Waals surface area contributed by atoms with Crippen molar-refractivity contribution in [2.24, 2.45) is 0 Å². The number of hydrogen-bond acceptors (Lipinski definition) is 6. The van der Waals surface area contributed by atoms with Crippen LogP contribution >= 0.6 is 0 Å². The summed E-state index contributed by atoms with van der Waals surface area (Å²) in [5.41, 5.74) is 1.69. The van der Waals surface area contributed by atoms with Crippen molar-refractivity contribution >= 4 is 11.7 Å². The highest BCUT2D eigenvalue weighted by Gasteiger charge is 2.40. The fourth-order valence-electron chi connectivity index (χ4n) is 3.92. The summed E-state index contributed by atoms with van der Waals surface area (Å²) >= 11 is 0. The summed E-state index contributed by atoms with van der Waals surface area (Å²) in [6.45, 7) is 3.47. The van der Waals surface area contributed by atoms with Gasteiger partial charge in [0.05, 0.1) is 20.3 Å². The Labute approximate surface area is 171 Å². The normalized spacial score (nSPS) is 18.0. The minimum Gasteiger partial charge on any atom is -0.496 e. The largest absolute Gasteiger partial charge is 0.496 e. The minimum atomic E-state index is -0.413. The summed E-state index contributed by atoms with van der Waals surface area (Å²) in [4.78, 5) is 19.2. The average molecular weight is 397 g/mol. The summed E-state index contributed by atoms with van der Waals surface area (Å²) in [6, 6.07) is 11.4. The number of piperidine rings is 1. The number of nitrogens with one attached hydrogen (secondary N) is 1. The first-order valence-corrected chi connectivity index (χ1v) is 10.1. The van der Waals surface area contributed by atoms with Crippen molar-refractivity contribution in [3.8, 4) is 5.75 Å². The first-order valence-electron chi connectivity index (χ1n) is 10.1. The fraction of sp³-hybridized carbons (Fsp3) is 0.455. The molecule has 1 N–H and O–H groups in total. The number of amides is 1. The number of benzene rings is 1. The number of carbonyl (C=O) groups excluding carboxylic acids is 1. The van der Waals surface area contributed by atoms with Crippen LogP contribution in [0.15, 0.2) is 42.6 Å². The summed E-state index contributed by atoms with van der Waals surface area (Å²) in [7, 11) is 1.66. The predicted octanol–water partition coefficient (Wildman–Crippen LogP) is 2.41. The van der Waals surface area contributed by atoms with Gasteiger partial charge in [0.2, 0.25) is 0 Å². The van der Waals surface area contributed by atoms with Gasteiger partial charge in [-0.05, 0) is 30.2 Å². The van der Waals surface area contributed by atoms with Gasteiger partial charge in [0.25, 0.3) is 5.91 Å². The summed E-state index contributed by atoms with van der Waals surface area (Å²) in [6.07, 6.45) is 4.02. The maximum atomic E-state index is 12.6. The van der Waals surface area contributed by atoms with Crippen molar-refractivity contribution < 1.29 is 19.0 Å². The molecule has 0 bridgehead atoms. The Morgan fingerprint density at radius 3 is 2.72 bits per heavy atom. The molecule has 7 heteroatoms. The Bertz CT molecular complexity index is 841. The number of pyridine rings is 1. The van der Waals surface area contributed by atoms with Crippen molar-refractivity contribution in [2.75, 3.05) is 44.9 Å². The maximum absolute atomic E-state index is 12.6. The van der Waals surface area contributed by atoms with E-state index in [1.54, 1.807) is 19.4 Å². The maximum Gasteiger partial charge on any atom is 0.251 e. The van der Waals surface area contributed by atoms with E-state index in [1.807, 2.05) is 30.3 Å². The zero-order valence-electron chi connectivity index (χ0n) is 16.7. The zero-order chi connectivity index (χ0) is 20.1. The summed E-state index contributed by atoms with van der Waals surface area (Å²) in [5, 5.41) is 2.99. The van der Waals surface area contributed by atoms with Gasteiger partial charge < -0.3 is 24.4 Å². The third-order valence-electron chi connectivity index (χ3n) is 5.54. The van der Waals surface area contributed by atoms with Crippen LogP contribution in [0.3, 0.4) is 0 Å². The number of hydrogen-bond donors (Lipinski definition) is 1. The van der Waals surface area contributed by atoms with E-state index in [0.29, 0.717) is 31.7 Å². The summed E-state index contributed by atoms with van der Waals surface area (Å²) in [5.74, 6) is 1.14. The van der Waals surface area contributed by atoms with E-state index in [-0.39, 0.29) is 5.91 Å². The number of methoxy groups -OCH3 is 1. The van der Waals surface area contributed by atoms with Crippen LogP contribution in [0.1, 0.15) is 28.8 Å². The molecule has 0 unspecified atom stereocenters. The molecule has 2 fully saturated rings. The average Bonchev–Trinajstić information content (AvgIpc) is 3.22. The van der Waals surface area contributed by atoms with Crippen LogP contribution in [0.25, 0.3) is 0 Å². The molecule has 0 atom stereocenters. The number of carbonyl (C=O) groups is 1. The molecule has 2 saturated heterocycles. The molecule has 7 nitrogen and oxygen atoms in total. The van der Waals surface area contributed by atoms with Gasteiger partial charge in [-0.2, -0.15) is 0 Å². The van der Waals surface area contributed by atoms with Crippen LogP contribution in [0.2, 0.25) is 0 Å². The van der Waals surface area contributed by atoms with Crippen LogP contribution < -0.4 is 15.0 Å². The third kappa shape index (κ3) is 4.52. The molecule has 1 spiro atoms. The fourth-order valence-corrected chi connectivity index (χ4v) is 3.92. The molecule has 2 aromatic rings. The lowest BCUT2D eigenvalue weighted by molar-refractivity contribution is -0.169. The van der Waals surface area contributed by atoms with Crippen molar-refractivity contribution in [3.05, 3.63) is 53.7 Å². The van der Waals surface area contributed by atoms with E-state index in [4.69, 9.17) is 14.2 Å². The van der Waals surface area contributed by atoms with Gasteiger partial charge in [-0.1, -0.05) is 18.2 Å². The van der Waals surface area contributed by atoms with Gasteiger partial charge in [-0.15, -0.1) is 0 Å². The van der Waals surface area contributed by atoms with Crippen molar-refractivity contribution in [2.45, 2.75) is 25.0 Å². The minimum absolute atomic E-state index is 0.0977. The number of rotatable bonds is 6. The standard InChI is InChI=1S/C22H27N3O4/c1-27-19-5-3-2-4-17(19)6-11-24-21(26)18-7-10-23-20(16-18)25-12-8-22(9-13-25)28-14-15-29-22/h2-5,7,10,16H,6,8-9,11-15H2,1H3,(H,24,26). The summed E-state index contributed by atoms with van der Waals surface area (Å²) < 4.78 is 16.9. The second kappa shape index (κ2) is 8.80. The number of anilines is 1. The first kappa shape index (κ1) is 19.7. The van der Waals surface area contributed by atoms with E-state index in [0.717, 1.165) is 43.1 Å². The van der Waals surface area contributed by atoms with E-state index < -0.39 is 5.79 Å². The second-order valence-corrected chi connectivity index (χ2v) is 7.32.